The Morgan fingerprint density at radius 1 is 0.650 bits per heavy atom. The maximum atomic E-state index is 6.11. The molecule has 0 fully saturated rings. The van der Waals surface area contributed by atoms with Gasteiger partial charge in [0.05, 0.1) is 10.0 Å². The van der Waals surface area contributed by atoms with E-state index in [1.54, 1.807) is 35.7 Å². The summed E-state index contributed by atoms with van der Waals surface area (Å²) in [6.07, 6.45) is 0. The Kier molecular flexibility index (Phi) is 6.73. The van der Waals surface area contributed by atoms with Crippen LogP contribution in [0.15, 0.2) is 46.2 Å². The molecule has 0 aliphatic carbocycles. The summed E-state index contributed by atoms with van der Waals surface area (Å²) in [6.45, 7) is 0. The quantitative estimate of drug-likeness (QED) is 0.395. The average Bonchev–Trinajstić information content (AvgIpc) is 2.42. The maximum absolute atomic E-state index is 6.11. The lowest BCUT2D eigenvalue weighted by atomic mass is 10.4. The minimum Gasteiger partial charge on any atom is -0.124 e. The van der Waals surface area contributed by atoms with Gasteiger partial charge in [0.25, 0.3) is 0 Å². The molecule has 106 valence electrons. The zero-order valence-electron chi connectivity index (χ0n) is 10.2. The van der Waals surface area contributed by atoms with Crippen molar-refractivity contribution in [3.8, 4) is 0 Å². The Bertz CT molecular complexity index is 548. The second kappa shape index (κ2) is 8.07. The van der Waals surface area contributed by atoms with Crippen molar-refractivity contribution in [1.82, 2.24) is 0 Å². The van der Waals surface area contributed by atoms with Gasteiger partial charge in [-0.15, -0.1) is 23.5 Å². The van der Waals surface area contributed by atoms with Crippen molar-refractivity contribution >= 4 is 69.9 Å². The number of benzene rings is 2. The van der Waals surface area contributed by atoms with Gasteiger partial charge in [-0.1, -0.05) is 46.4 Å². The molecule has 20 heavy (non-hydrogen) atoms. The summed E-state index contributed by atoms with van der Waals surface area (Å²) in [6, 6.07) is 11.0. The number of halogens is 4. The van der Waals surface area contributed by atoms with E-state index in [9.17, 15) is 0 Å². The van der Waals surface area contributed by atoms with E-state index in [0.29, 0.717) is 10.0 Å². The fourth-order valence-electron chi connectivity index (χ4n) is 1.48. The molecule has 0 N–H and O–H groups in total. The molecule has 2 aromatic carbocycles. The van der Waals surface area contributed by atoms with Crippen molar-refractivity contribution in [3.63, 3.8) is 0 Å². The van der Waals surface area contributed by atoms with E-state index in [-0.39, 0.29) is 0 Å². The smallest absolute Gasteiger partial charge is 0.0542 e. The predicted octanol–water partition coefficient (Wildman–Crippen LogP) is 7.18. The fraction of sp³-hybridized carbons (Fsp3) is 0.143. The van der Waals surface area contributed by atoms with Gasteiger partial charge in [-0.3, -0.25) is 0 Å². The van der Waals surface area contributed by atoms with Crippen molar-refractivity contribution < 1.29 is 0 Å². The number of thioether (sulfide) groups is 2. The van der Waals surface area contributed by atoms with Crippen LogP contribution in [0.2, 0.25) is 20.1 Å². The lowest BCUT2D eigenvalue weighted by molar-refractivity contribution is 1.41. The first-order valence-corrected chi connectivity index (χ1v) is 9.20. The van der Waals surface area contributed by atoms with E-state index < -0.39 is 0 Å². The SMILES string of the molecule is Clc1ccc(Cl)c(SCCSc2cc(Cl)ccc2Cl)c1. The van der Waals surface area contributed by atoms with Crippen LogP contribution in [0.5, 0.6) is 0 Å². The Morgan fingerprint density at radius 2 is 1.05 bits per heavy atom. The summed E-state index contributed by atoms with van der Waals surface area (Å²) >= 11 is 27.5. The van der Waals surface area contributed by atoms with E-state index >= 15 is 0 Å². The molecule has 0 bridgehead atoms. The Balaban J connectivity index is 1.87. The highest BCUT2D eigenvalue weighted by atomic mass is 35.5. The molecule has 2 aromatic rings. The molecule has 0 amide bonds. The molecule has 0 aromatic heterocycles. The van der Waals surface area contributed by atoms with Crippen molar-refractivity contribution in [2.24, 2.45) is 0 Å². The molecule has 0 saturated carbocycles. The first-order valence-electron chi connectivity index (χ1n) is 5.72. The highest BCUT2D eigenvalue weighted by Crippen LogP contribution is 2.33. The van der Waals surface area contributed by atoms with Crippen LogP contribution in [0.4, 0.5) is 0 Å². The highest BCUT2D eigenvalue weighted by molar-refractivity contribution is 8.03. The molecule has 0 aliphatic rings. The number of hydrogen-bond donors (Lipinski definition) is 0. The molecule has 0 atom stereocenters. The van der Waals surface area contributed by atoms with Gasteiger partial charge < -0.3 is 0 Å². The van der Waals surface area contributed by atoms with Gasteiger partial charge >= 0.3 is 0 Å². The second-order valence-corrected chi connectivity index (χ2v) is 7.81. The summed E-state index contributed by atoms with van der Waals surface area (Å²) in [5.74, 6) is 1.82. The molecule has 0 nitrogen and oxygen atoms in total. The van der Waals surface area contributed by atoms with E-state index in [0.717, 1.165) is 31.3 Å². The van der Waals surface area contributed by atoms with Crippen molar-refractivity contribution in [3.05, 3.63) is 56.5 Å². The number of rotatable bonds is 5. The van der Waals surface area contributed by atoms with Crippen LogP contribution in [-0.2, 0) is 0 Å². The molecular weight excluding hydrogens is 374 g/mol. The van der Waals surface area contributed by atoms with Crippen molar-refractivity contribution in [2.45, 2.75) is 9.79 Å². The van der Waals surface area contributed by atoms with E-state index in [1.807, 2.05) is 24.3 Å². The van der Waals surface area contributed by atoms with Crippen LogP contribution < -0.4 is 0 Å². The van der Waals surface area contributed by atoms with Crippen molar-refractivity contribution in [2.75, 3.05) is 11.5 Å². The molecule has 2 rings (SSSR count). The van der Waals surface area contributed by atoms with Gasteiger partial charge in [0.1, 0.15) is 0 Å². The minimum absolute atomic E-state index is 0.697. The molecule has 0 spiro atoms. The van der Waals surface area contributed by atoms with Gasteiger partial charge in [0.15, 0.2) is 0 Å². The Morgan fingerprint density at radius 3 is 1.45 bits per heavy atom. The van der Waals surface area contributed by atoms with Crippen LogP contribution in [-0.4, -0.2) is 11.5 Å². The third-order valence-corrected chi connectivity index (χ3v) is 6.11. The first-order chi connectivity index (χ1) is 9.56. The zero-order chi connectivity index (χ0) is 14.5. The molecular formula is C14H10Cl4S2. The molecule has 0 heterocycles. The third-order valence-electron chi connectivity index (χ3n) is 2.38. The lowest BCUT2D eigenvalue weighted by Crippen LogP contribution is -1.86. The standard InChI is InChI=1S/C14H10Cl4S2/c15-9-1-3-11(17)13(7-9)19-5-6-20-14-8-10(16)2-4-12(14)18/h1-4,7-8H,5-6H2. The molecule has 6 heteroatoms. The van der Waals surface area contributed by atoms with Gasteiger partial charge in [0, 0.05) is 31.3 Å². The minimum atomic E-state index is 0.697. The van der Waals surface area contributed by atoms with Crippen LogP contribution in [0.1, 0.15) is 0 Å². The topological polar surface area (TPSA) is 0 Å². The summed E-state index contributed by atoms with van der Waals surface area (Å²) in [5.41, 5.74) is 0. The zero-order valence-corrected chi connectivity index (χ0v) is 14.9. The van der Waals surface area contributed by atoms with Gasteiger partial charge in [-0.25, -0.2) is 0 Å². The molecule has 0 saturated heterocycles. The van der Waals surface area contributed by atoms with E-state index in [1.165, 1.54) is 0 Å². The lowest BCUT2D eigenvalue weighted by Gasteiger charge is -2.06. The van der Waals surface area contributed by atoms with E-state index in [2.05, 4.69) is 0 Å². The maximum Gasteiger partial charge on any atom is 0.0542 e. The van der Waals surface area contributed by atoms with Gasteiger partial charge in [-0.2, -0.15) is 0 Å². The van der Waals surface area contributed by atoms with E-state index in [4.69, 9.17) is 46.4 Å². The molecule has 0 unspecified atom stereocenters. The van der Waals surface area contributed by atoms with Crippen LogP contribution in [0.25, 0.3) is 0 Å². The van der Waals surface area contributed by atoms with Crippen LogP contribution >= 0.6 is 69.9 Å². The Labute approximate surface area is 147 Å². The monoisotopic (exact) mass is 382 g/mol. The normalized spacial score (nSPS) is 10.8. The summed E-state index contributed by atoms with van der Waals surface area (Å²) in [4.78, 5) is 1.99. The summed E-state index contributed by atoms with van der Waals surface area (Å²) in [5, 5.41) is 2.85. The molecule has 0 radical (unpaired) electrons. The predicted molar refractivity (Wildman–Crippen MR) is 94.4 cm³/mol. The van der Waals surface area contributed by atoms with Gasteiger partial charge in [-0.05, 0) is 36.4 Å². The summed E-state index contributed by atoms with van der Waals surface area (Å²) < 4.78 is 0. The van der Waals surface area contributed by atoms with Crippen LogP contribution in [0, 0.1) is 0 Å². The largest absolute Gasteiger partial charge is 0.124 e. The van der Waals surface area contributed by atoms with Crippen molar-refractivity contribution in [1.29, 1.82) is 0 Å². The summed E-state index contributed by atoms with van der Waals surface area (Å²) in [7, 11) is 0. The second-order valence-electron chi connectivity index (χ2n) is 3.85. The Hall–Kier alpha value is 0.300. The number of hydrogen-bond acceptors (Lipinski definition) is 2. The first kappa shape index (κ1) is 16.7. The highest BCUT2D eigenvalue weighted by Gasteiger charge is 2.05. The fourth-order valence-corrected chi connectivity index (χ4v) is 4.45. The average molecular weight is 384 g/mol. The third kappa shape index (κ3) is 4.94. The van der Waals surface area contributed by atoms with Gasteiger partial charge in [0.2, 0.25) is 0 Å². The van der Waals surface area contributed by atoms with Crippen LogP contribution in [0.3, 0.4) is 0 Å². The molecule has 0 aliphatic heterocycles.